The molecular formula is C14H17FN2O2. The molecule has 2 rings (SSSR count). The van der Waals surface area contributed by atoms with Gasteiger partial charge in [-0.25, -0.2) is 4.39 Å². The topological polar surface area (TPSA) is 63.4 Å². The van der Waals surface area contributed by atoms with Crippen molar-refractivity contribution < 1.29 is 14.0 Å². The van der Waals surface area contributed by atoms with E-state index < -0.39 is 11.3 Å². The number of hydrogen-bond donors (Lipinski definition) is 1. The van der Waals surface area contributed by atoms with Crippen LogP contribution in [-0.4, -0.2) is 29.8 Å². The molecule has 19 heavy (non-hydrogen) atoms. The van der Waals surface area contributed by atoms with Gasteiger partial charge in [0.25, 0.3) is 0 Å². The fourth-order valence-electron chi connectivity index (χ4n) is 2.65. The molecule has 5 heteroatoms. The van der Waals surface area contributed by atoms with Crippen LogP contribution in [0.3, 0.4) is 0 Å². The summed E-state index contributed by atoms with van der Waals surface area (Å²) in [5, 5.41) is 0. The highest BCUT2D eigenvalue weighted by atomic mass is 19.1. The molecule has 0 aliphatic carbocycles. The molecule has 0 aromatic heterocycles. The predicted octanol–water partition coefficient (Wildman–Crippen LogP) is 1.19. The van der Waals surface area contributed by atoms with Crippen LogP contribution < -0.4 is 5.73 Å². The lowest BCUT2D eigenvalue weighted by atomic mass is 9.72. The monoisotopic (exact) mass is 264 g/mol. The zero-order valence-electron chi connectivity index (χ0n) is 10.9. The Morgan fingerprint density at radius 3 is 2.16 bits per heavy atom. The average molecular weight is 264 g/mol. The number of amides is 2. The maximum atomic E-state index is 13.0. The average Bonchev–Trinajstić information content (AvgIpc) is 2.39. The molecule has 1 heterocycles. The number of carbonyl (C=O) groups excluding carboxylic acids is 2. The zero-order valence-corrected chi connectivity index (χ0v) is 10.9. The molecule has 1 aromatic carbocycles. The number of benzene rings is 1. The van der Waals surface area contributed by atoms with Crippen LogP contribution in [0.15, 0.2) is 24.3 Å². The van der Waals surface area contributed by atoms with E-state index in [2.05, 4.69) is 0 Å². The van der Waals surface area contributed by atoms with Crippen molar-refractivity contribution in [3.05, 3.63) is 35.6 Å². The minimum atomic E-state index is -0.792. The second-order valence-electron chi connectivity index (χ2n) is 4.96. The number of nitrogens with two attached hydrogens (primary N) is 1. The molecule has 1 aromatic rings. The normalized spacial score (nSPS) is 18.1. The molecule has 0 spiro atoms. The minimum absolute atomic E-state index is 0.00261. The first-order valence-electron chi connectivity index (χ1n) is 6.27. The van der Waals surface area contributed by atoms with Crippen molar-refractivity contribution in [3.8, 4) is 0 Å². The third kappa shape index (κ3) is 2.45. The Labute approximate surface area is 111 Å². The maximum Gasteiger partial charge on any atom is 0.228 e. The van der Waals surface area contributed by atoms with Gasteiger partial charge in [-0.3, -0.25) is 9.59 Å². The highest BCUT2D eigenvalue weighted by Gasteiger charge is 2.41. The molecule has 0 bridgehead atoms. The molecule has 1 aliphatic rings. The van der Waals surface area contributed by atoms with Crippen molar-refractivity contribution in [1.29, 1.82) is 0 Å². The highest BCUT2D eigenvalue weighted by Crippen LogP contribution is 2.35. The van der Waals surface area contributed by atoms with E-state index in [1.807, 2.05) is 0 Å². The Hall–Kier alpha value is -1.91. The smallest absolute Gasteiger partial charge is 0.228 e. The number of likely N-dealkylation sites (tertiary alicyclic amines) is 1. The standard InChI is InChI=1S/C14H17FN2O2/c1-10(18)17-8-6-14(7-9-17,13(16)19)11-2-4-12(15)5-3-11/h2-5H,6-9H2,1H3,(H2,16,19). The summed E-state index contributed by atoms with van der Waals surface area (Å²) in [7, 11) is 0. The van der Waals surface area contributed by atoms with E-state index in [4.69, 9.17) is 5.73 Å². The number of piperidine rings is 1. The number of rotatable bonds is 2. The summed E-state index contributed by atoms with van der Waals surface area (Å²) in [5.74, 6) is -0.760. The lowest BCUT2D eigenvalue weighted by Crippen LogP contribution is -2.51. The van der Waals surface area contributed by atoms with E-state index in [0.29, 0.717) is 25.9 Å². The Kier molecular flexibility index (Phi) is 3.55. The molecule has 0 radical (unpaired) electrons. The third-order valence-corrected chi connectivity index (χ3v) is 3.93. The Balaban J connectivity index is 2.28. The van der Waals surface area contributed by atoms with Gasteiger partial charge in [0.15, 0.2) is 0 Å². The van der Waals surface area contributed by atoms with Gasteiger partial charge >= 0.3 is 0 Å². The molecule has 2 amide bonds. The zero-order chi connectivity index (χ0) is 14.0. The second-order valence-corrected chi connectivity index (χ2v) is 4.96. The van der Waals surface area contributed by atoms with Crippen molar-refractivity contribution in [2.45, 2.75) is 25.2 Å². The van der Waals surface area contributed by atoms with Crippen LogP contribution in [0.2, 0.25) is 0 Å². The Morgan fingerprint density at radius 1 is 1.21 bits per heavy atom. The van der Waals surface area contributed by atoms with E-state index in [1.165, 1.54) is 19.1 Å². The highest BCUT2D eigenvalue weighted by molar-refractivity contribution is 5.87. The summed E-state index contributed by atoms with van der Waals surface area (Å²) >= 11 is 0. The molecular weight excluding hydrogens is 247 g/mol. The summed E-state index contributed by atoms with van der Waals surface area (Å²) in [6.07, 6.45) is 0.959. The lowest BCUT2D eigenvalue weighted by molar-refractivity contribution is -0.134. The number of carbonyl (C=O) groups is 2. The molecule has 0 unspecified atom stereocenters. The van der Waals surface area contributed by atoms with Crippen LogP contribution in [0.1, 0.15) is 25.3 Å². The van der Waals surface area contributed by atoms with Crippen LogP contribution in [0.4, 0.5) is 4.39 Å². The minimum Gasteiger partial charge on any atom is -0.369 e. The molecule has 4 nitrogen and oxygen atoms in total. The van der Waals surface area contributed by atoms with Crippen LogP contribution >= 0.6 is 0 Å². The van der Waals surface area contributed by atoms with Crippen molar-refractivity contribution in [1.82, 2.24) is 4.90 Å². The third-order valence-electron chi connectivity index (χ3n) is 3.93. The second kappa shape index (κ2) is 4.99. The van der Waals surface area contributed by atoms with Crippen LogP contribution in [0, 0.1) is 5.82 Å². The summed E-state index contributed by atoms with van der Waals surface area (Å²) in [4.78, 5) is 24.9. The summed E-state index contributed by atoms with van der Waals surface area (Å²) in [5.41, 5.74) is 5.49. The van der Waals surface area contributed by atoms with Crippen molar-refractivity contribution >= 4 is 11.8 Å². The quantitative estimate of drug-likeness (QED) is 0.872. The Morgan fingerprint density at radius 2 is 1.74 bits per heavy atom. The van der Waals surface area contributed by atoms with Gasteiger partial charge in [-0.1, -0.05) is 12.1 Å². The molecule has 1 saturated heterocycles. The number of primary amides is 1. The van der Waals surface area contributed by atoms with Crippen molar-refractivity contribution in [2.24, 2.45) is 5.73 Å². The van der Waals surface area contributed by atoms with Crippen LogP contribution in [0.5, 0.6) is 0 Å². The fraction of sp³-hybridized carbons (Fsp3) is 0.429. The first-order chi connectivity index (χ1) is 8.95. The molecule has 2 N–H and O–H groups in total. The van der Waals surface area contributed by atoms with E-state index in [-0.39, 0.29) is 11.7 Å². The van der Waals surface area contributed by atoms with Crippen molar-refractivity contribution in [2.75, 3.05) is 13.1 Å². The summed E-state index contributed by atoms with van der Waals surface area (Å²) < 4.78 is 13.0. The van der Waals surface area contributed by atoms with Crippen molar-refractivity contribution in [3.63, 3.8) is 0 Å². The van der Waals surface area contributed by atoms with Gasteiger partial charge in [0.1, 0.15) is 5.82 Å². The first-order valence-corrected chi connectivity index (χ1v) is 6.27. The fourth-order valence-corrected chi connectivity index (χ4v) is 2.65. The largest absolute Gasteiger partial charge is 0.369 e. The maximum absolute atomic E-state index is 13.0. The predicted molar refractivity (Wildman–Crippen MR) is 68.8 cm³/mol. The van der Waals surface area contributed by atoms with Crippen LogP contribution in [-0.2, 0) is 15.0 Å². The number of halogens is 1. The first kappa shape index (κ1) is 13.5. The Bertz CT molecular complexity index is 491. The molecule has 0 saturated carbocycles. The van der Waals surface area contributed by atoms with Gasteiger partial charge in [-0.05, 0) is 30.5 Å². The molecule has 0 atom stereocenters. The number of nitrogens with zero attached hydrogens (tertiary/aromatic N) is 1. The lowest BCUT2D eigenvalue weighted by Gasteiger charge is -2.39. The van der Waals surface area contributed by atoms with Gasteiger partial charge in [-0.2, -0.15) is 0 Å². The van der Waals surface area contributed by atoms with Gasteiger partial charge in [0.05, 0.1) is 5.41 Å². The van der Waals surface area contributed by atoms with E-state index in [9.17, 15) is 14.0 Å². The van der Waals surface area contributed by atoms with E-state index in [1.54, 1.807) is 17.0 Å². The molecule has 1 aliphatic heterocycles. The SMILES string of the molecule is CC(=O)N1CCC(C(N)=O)(c2ccc(F)cc2)CC1. The van der Waals surface area contributed by atoms with E-state index >= 15 is 0 Å². The van der Waals surface area contributed by atoms with Crippen LogP contribution in [0.25, 0.3) is 0 Å². The molecule has 102 valence electrons. The molecule has 1 fully saturated rings. The summed E-state index contributed by atoms with van der Waals surface area (Å²) in [6.45, 7) is 2.50. The van der Waals surface area contributed by atoms with Gasteiger partial charge in [-0.15, -0.1) is 0 Å². The van der Waals surface area contributed by atoms with Gasteiger partial charge < -0.3 is 10.6 Å². The van der Waals surface area contributed by atoms with E-state index in [0.717, 1.165) is 5.56 Å². The summed E-state index contributed by atoms with van der Waals surface area (Å²) in [6, 6.07) is 5.86. The van der Waals surface area contributed by atoms with Gasteiger partial charge in [0.2, 0.25) is 11.8 Å². The number of hydrogen-bond acceptors (Lipinski definition) is 2. The van der Waals surface area contributed by atoms with Gasteiger partial charge in [0, 0.05) is 20.0 Å².